The van der Waals surface area contributed by atoms with E-state index in [1.54, 1.807) is 11.3 Å². The molecule has 0 aliphatic carbocycles. The highest BCUT2D eigenvalue weighted by atomic mass is 32.2. The van der Waals surface area contributed by atoms with Crippen LogP contribution in [-0.2, 0) is 6.54 Å². The predicted molar refractivity (Wildman–Crippen MR) is 92.3 cm³/mol. The summed E-state index contributed by atoms with van der Waals surface area (Å²) in [7, 11) is 0. The van der Waals surface area contributed by atoms with Gasteiger partial charge in [-0.1, -0.05) is 12.1 Å². The van der Waals surface area contributed by atoms with Crippen molar-refractivity contribution in [3.05, 3.63) is 44.8 Å². The molecule has 0 aromatic carbocycles. The van der Waals surface area contributed by atoms with Gasteiger partial charge in [0.2, 0.25) is 0 Å². The second-order valence-electron chi connectivity index (χ2n) is 4.89. The number of carbonyl (C=O) groups excluding carboxylic acids is 1. The summed E-state index contributed by atoms with van der Waals surface area (Å²) in [5.74, 6) is 1.01. The van der Waals surface area contributed by atoms with E-state index in [1.165, 1.54) is 9.75 Å². The minimum absolute atomic E-state index is 0.0656. The number of hydrogen-bond donors (Lipinski definition) is 1. The lowest BCUT2D eigenvalue weighted by atomic mass is 10.2. The monoisotopic (exact) mass is 338 g/mol. The van der Waals surface area contributed by atoms with Gasteiger partial charge in [0, 0.05) is 33.8 Å². The molecule has 3 rings (SSSR count). The third-order valence-electron chi connectivity index (χ3n) is 3.48. The lowest BCUT2D eigenvalue weighted by molar-refractivity contribution is 0.201. The zero-order chi connectivity index (χ0) is 14.5. The van der Waals surface area contributed by atoms with Gasteiger partial charge in [-0.3, -0.25) is 0 Å². The molecule has 2 amide bonds. The first kappa shape index (κ1) is 14.9. The average Bonchev–Trinajstić information content (AvgIpc) is 3.15. The molecule has 6 heteroatoms. The van der Waals surface area contributed by atoms with Gasteiger partial charge < -0.3 is 10.2 Å². The first-order valence-electron chi connectivity index (χ1n) is 7.03. The smallest absolute Gasteiger partial charge is 0.317 e. The molecule has 0 radical (unpaired) electrons. The highest BCUT2D eigenvalue weighted by molar-refractivity contribution is 7.99. The maximum absolute atomic E-state index is 12.3. The van der Waals surface area contributed by atoms with Crippen molar-refractivity contribution in [1.29, 1.82) is 0 Å². The maximum Gasteiger partial charge on any atom is 0.317 e. The number of hydrogen-bond acceptors (Lipinski definition) is 4. The predicted octanol–water partition coefficient (Wildman–Crippen LogP) is 4.20. The number of nitrogens with one attached hydrogen (secondary N) is 1. The Balaban J connectivity index is 1.51. The molecule has 1 fully saturated rings. The normalized spacial score (nSPS) is 19.2. The Kier molecular flexibility index (Phi) is 5.22. The van der Waals surface area contributed by atoms with E-state index >= 15 is 0 Å². The van der Waals surface area contributed by atoms with Gasteiger partial charge in [-0.2, -0.15) is 11.8 Å². The van der Waals surface area contributed by atoms with Crippen LogP contribution in [0.1, 0.15) is 21.4 Å². The quantitative estimate of drug-likeness (QED) is 0.910. The summed E-state index contributed by atoms with van der Waals surface area (Å²) >= 11 is 5.47. The van der Waals surface area contributed by atoms with Crippen molar-refractivity contribution in [3.8, 4) is 0 Å². The van der Waals surface area contributed by atoms with Crippen LogP contribution in [0.3, 0.4) is 0 Å². The fourth-order valence-corrected chi connectivity index (χ4v) is 5.24. The first-order valence-corrected chi connectivity index (χ1v) is 9.84. The third kappa shape index (κ3) is 4.02. The molecule has 1 aliphatic rings. The van der Waals surface area contributed by atoms with Crippen molar-refractivity contribution in [2.75, 3.05) is 18.8 Å². The molecule has 3 nitrogen and oxygen atoms in total. The second-order valence-corrected chi connectivity index (χ2v) is 8.21. The SMILES string of the molecule is O=C(NCc1cccs1)N1CCS[C@H](c2cccs2)CC1. The Labute approximate surface area is 137 Å². The van der Waals surface area contributed by atoms with E-state index in [0.717, 1.165) is 25.3 Å². The van der Waals surface area contributed by atoms with Gasteiger partial charge in [-0.25, -0.2) is 4.79 Å². The van der Waals surface area contributed by atoms with Crippen molar-refractivity contribution in [3.63, 3.8) is 0 Å². The van der Waals surface area contributed by atoms with Crippen LogP contribution >= 0.6 is 34.4 Å². The number of thiophene rings is 2. The van der Waals surface area contributed by atoms with Gasteiger partial charge in [0.25, 0.3) is 0 Å². The Morgan fingerprint density at radius 3 is 2.86 bits per heavy atom. The van der Waals surface area contributed by atoms with Crippen molar-refractivity contribution < 1.29 is 4.79 Å². The minimum atomic E-state index is 0.0656. The molecule has 112 valence electrons. The highest BCUT2D eigenvalue weighted by Gasteiger charge is 2.22. The Morgan fingerprint density at radius 1 is 1.24 bits per heavy atom. The number of thioether (sulfide) groups is 1. The molecule has 2 aromatic heterocycles. The van der Waals surface area contributed by atoms with Crippen LogP contribution in [0.15, 0.2) is 35.0 Å². The summed E-state index contributed by atoms with van der Waals surface area (Å²) in [5.41, 5.74) is 0. The van der Waals surface area contributed by atoms with Crippen molar-refractivity contribution in [2.45, 2.75) is 18.2 Å². The van der Waals surface area contributed by atoms with Crippen molar-refractivity contribution in [2.24, 2.45) is 0 Å². The number of rotatable bonds is 3. The second kappa shape index (κ2) is 7.33. The molecule has 1 aliphatic heterocycles. The maximum atomic E-state index is 12.3. The van der Waals surface area contributed by atoms with Crippen LogP contribution in [0.5, 0.6) is 0 Å². The first-order chi connectivity index (χ1) is 10.3. The summed E-state index contributed by atoms with van der Waals surface area (Å²) in [6, 6.07) is 8.44. The summed E-state index contributed by atoms with van der Waals surface area (Å²) in [4.78, 5) is 16.8. The molecule has 0 saturated carbocycles. The zero-order valence-electron chi connectivity index (χ0n) is 11.7. The van der Waals surface area contributed by atoms with Crippen LogP contribution in [0, 0.1) is 0 Å². The van der Waals surface area contributed by atoms with E-state index in [1.807, 2.05) is 39.4 Å². The average molecular weight is 339 g/mol. The molecule has 21 heavy (non-hydrogen) atoms. The van der Waals surface area contributed by atoms with Crippen LogP contribution < -0.4 is 5.32 Å². The minimum Gasteiger partial charge on any atom is -0.333 e. The molecule has 0 spiro atoms. The van der Waals surface area contributed by atoms with Crippen LogP contribution in [-0.4, -0.2) is 29.8 Å². The largest absolute Gasteiger partial charge is 0.333 e. The Hall–Kier alpha value is -0.980. The van der Waals surface area contributed by atoms with Crippen LogP contribution in [0.25, 0.3) is 0 Å². The third-order valence-corrected chi connectivity index (χ3v) is 6.80. The lowest BCUT2D eigenvalue weighted by Crippen LogP contribution is -2.40. The number of carbonyl (C=O) groups is 1. The Morgan fingerprint density at radius 2 is 2.10 bits per heavy atom. The van der Waals surface area contributed by atoms with Crippen LogP contribution in [0.2, 0.25) is 0 Å². The highest BCUT2D eigenvalue weighted by Crippen LogP contribution is 2.36. The van der Waals surface area contributed by atoms with Gasteiger partial charge in [0.05, 0.1) is 6.54 Å². The zero-order valence-corrected chi connectivity index (χ0v) is 14.1. The molecule has 0 unspecified atom stereocenters. The number of amides is 2. The molecule has 2 aromatic rings. The van der Waals surface area contributed by atoms with Crippen molar-refractivity contribution in [1.82, 2.24) is 10.2 Å². The summed E-state index contributed by atoms with van der Waals surface area (Å²) in [6.45, 7) is 2.31. The topological polar surface area (TPSA) is 32.3 Å². The molecular formula is C15H18N2OS3. The number of nitrogens with zero attached hydrogens (tertiary/aromatic N) is 1. The molecule has 1 saturated heterocycles. The number of urea groups is 1. The fourth-order valence-electron chi connectivity index (χ4n) is 2.36. The van der Waals surface area contributed by atoms with Crippen molar-refractivity contribution >= 4 is 40.5 Å². The lowest BCUT2D eigenvalue weighted by Gasteiger charge is -2.20. The van der Waals surface area contributed by atoms with E-state index in [-0.39, 0.29) is 6.03 Å². The van der Waals surface area contributed by atoms with Gasteiger partial charge in [0.1, 0.15) is 0 Å². The van der Waals surface area contributed by atoms with E-state index in [2.05, 4.69) is 28.9 Å². The van der Waals surface area contributed by atoms with Gasteiger partial charge in [-0.05, 0) is 29.3 Å². The molecule has 0 bridgehead atoms. The Bertz CT molecular complexity index is 554. The molecular weight excluding hydrogens is 320 g/mol. The molecule has 3 heterocycles. The van der Waals surface area contributed by atoms with Gasteiger partial charge >= 0.3 is 6.03 Å². The van der Waals surface area contributed by atoms with E-state index in [0.29, 0.717) is 11.8 Å². The fraction of sp³-hybridized carbons (Fsp3) is 0.400. The van der Waals surface area contributed by atoms with Gasteiger partial charge in [0.15, 0.2) is 0 Å². The van der Waals surface area contributed by atoms with E-state index in [4.69, 9.17) is 0 Å². The van der Waals surface area contributed by atoms with Crippen LogP contribution in [0.4, 0.5) is 4.79 Å². The van der Waals surface area contributed by atoms with Gasteiger partial charge in [-0.15, -0.1) is 22.7 Å². The summed E-state index contributed by atoms with van der Waals surface area (Å²) < 4.78 is 0. The van der Waals surface area contributed by atoms with E-state index < -0.39 is 0 Å². The summed E-state index contributed by atoms with van der Waals surface area (Å²) in [6.07, 6.45) is 1.04. The molecule has 1 N–H and O–H groups in total. The van der Waals surface area contributed by atoms with E-state index in [9.17, 15) is 4.79 Å². The standard InChI is InChI=1S/C15H18N2OS3/c18-15(16-11-12-3-1-8-19-12)17-6-5-14(21-10-7-17)13-4-2-9-20-13/h1-4,8-9,14H,5-7,10-11H2,(H,16,18)/t14-/m0/s1. The molecule has 1 atom stereocenters. The summed E-state index contributed by atoms with van der Waals surface area (Å²) in [5, 5.41) is 7.73.